The molecule has 10 rings (SSSR count). The molecule has 466 valence electrons. The Morgan fingerprint density at radius 1 is 0.764 bits per heavy atom. The molecule has 0 unspecified atom stereocenters. The molecule has 0 radical (unpaired) electrons. The van der Waals surface area contributed by atoms with Gasteiger partial charge in [-0.05, 0) is 69.1 Å². The zero-order chi connectivity index (χ0) is 63.0. The standard InChI is InChI=1S/C61H66N12O10S6/c1-30(2)37-22-43(75)49-32(4)88-58(72-49)39(23-46(76)62-5)65-53(79)41-27-84-54(67-41)36-18-19-38(56-69-45(29-87-56)73(20-10-11-21-74)60(80)34-14-16-35(17-15-34)61(81)82)64-50(36)40-26-85-57(66-40)42-28-86-59(68-42)51(52(78)33-12-8-7-9-13-33)70-47(77)24-63-31(3)48-44(25-83-6)89-55(37)71-48/h7-9,12-13,18-19,26-30,34-35,37,39,51-52,63,74,78H,3,10-11,14-17,20-25H2,1-2,4-6H3,(H,62,76)(H,65,79)(H,70,77)(H,81,82)/t34?,35?,37-,39+,51+,52+/m1/s1. The number of hydrogen-bond acceptors (Lipinski definition) is 23. The van der Waals surface area contributed by atoms with Crippen LogP contribution >= 0.6 is 68.0 Å². The first-order valence-electron chi connectivity index (χ1n) is 28.9. The van der Waals surface area contributed by atoms with E-state index in [9.17, 15) is 44.1 Å². The monoisotopic (exact) mass is 1320 g/mol. The van der Waals surface area contributed by atoms with Crippen molar-refractivity contribution < 1.29 is 48.8 Å². The predicted octanol–water partition coefficient (Wildman–Crippen LogP) is 10.0. The molecule has 8 aromatic rings. The molecular weight excluding hydrogens is 1250 g/mol. The second-order valence-corrected chi connectivity index (χ2v) is 27.7. The highest BCUT2D eigenvalue weighted by atomic mass is 32.1. The number of ether oxygens (including phenoxy) is 1. The number of thiazole rings is 6. The molecule has 8 heterocycles. The van der Waals surface area contributed by atoms with Crippen molar-refractivity contribution in [3.63, 3.8) is 0 Å². The van der Waals surface area contributed by atoms with Crippen molar-refractivity contribution in [1.82, 2.24) is 56.2 Å². The molecule has 4 atom stereocenters. The van der Waals surface area contributed by atoms with E-state index in [0.717, 1.165) is 4.88 Å². The molecular formula is C61H66N12O10S6. The number of nitrogens with zero attached hydrogens (tertiary/aromatic N) is 8. The van der Waals surface area contributed by atoms with Crippen LogP contribution in [0, 0.1) is 24.7 Å². The minimum Gasteiger partial charge on any atom is -0.481 e. The van der Waals surface area contributed by atoms with Crippen LogP contribution in [0.15, 0.2) is 70.6 Å². The number of carbonyl (C=O) groups is 6. The molecule has 2 aliphatic rings. The smallest absolute Gasteiger partial charge is 0.306 e. The summed E-state index contributed by atoms with van der Waals surface area (Å²) in [5.74, 6) is -3.59. The fraction of sp³-hybridized carbons (Fsp3) is 0.393. The molecule has 1 saturated carbocycles. The number of amides is 4. The quantitative estimate of drug-likeness (QED) is 0.0469. The van der Waals surface area contributed by atoms with E-state index in [1.807, 2.05) is 31.4 Å². The maximum atomic E-state index is 14.5. The van der Waals surface area contributed by atoms with E-state index >= 15 is 0 Å². The van der Waals surface area contributed by atoms with Crippen LogP contribution in [0.25, 0.3) is 49.1 Å². The van der Waals surface area contributed by atoms with Gasteiger partial charge in [0.15, 0.2) is 5.78 Å². The average molecular weight is 1320 g/mol. The lowest BCUT2D eigenvalue weighted by Gasteiger charge is -2.30. The van der Waals surface area contributed by atoms with E-state index < -0.39 is 41.9 Å². The first-order chi connectivity index (χ1) is 42.9. The number of aryl methyl sites for hydroxylation is 1. The number of unbranched alkanes of at least 4 members (excludes halogenated alkanes) is 1. The van der Waals surface area contributed by atoms with Crippen molar-refractivity contribution in [2.24, 2.45) is 17.8 Å². The highest BCUT2D eigenvalue weighted by molar-refractivity contribution is 7.15. The largest absolute Gasteiger partial charge is 0.481 e. The normalized spacial score (nSPS) is 18.8. The van der Waals surface area contributed by atoms with Crippen LogP contribution in [0.5, 0.6) is 0 Å². The summed E-state index contributed by atoms with van der Waals surface area (Å²) in [6, 6.07) is 10.6. The summed E-state index contributed by atoms with van der Waals surface area (Å²) in [5, 5.41) is 52.9. The molecule has 28 heteroatoms. The molecule has 10 bridgehead atoms. The van der Waals surface area contributed by atoms with E-state index in [1.54, 1.807) is 65.4 Å². The Morgan fingerprint density at radius 2 is 1.46 bits per heavy atom. The second-order valence-electron chi connectivity index (χ2n) is 21.9. The molecule has 1 aliphatic heterocycles. The molecule has 7 N–H and O–H groups in total. The number of nitrogens with one attached hydrogen (secondary N) is 4. The third-order valence-corrected chi connectivity index (χ3v) is 21.2. The van der Waals surface area contributed by atoms with Crippen LogP contribution in [0.2, 0.25) is 0 Å². The van der Waals surface area contributed by atoms with E-state index in [-0.39, 0.29) is 79.3 Å². The number of aromatic nitrogens is 7. The van der Waals surface area contributed by atoms with E-state index in [0.29, 0.717) is 131 Å². The van der Waals surface area contributed by atoms with Crippen molar-refractivity contribution in [1.29, 1.82) is 0 Å². The van der Waals surface area contributed by atoms with Gasteiger partial charge in [0.2, 0.25) is 17.7 Å². The van der Waals surface area contributed by atoms with Gasteiger partial charge in [0.05, 0.1) is 52.8 Å². The maximum absolute atomic E-state index is 14.5. The zero-order valence-electron chi connectivity index (χ0n) is 49.3. The molecule has 7 aromatic heterocycles. The number of aliphatic hydroxyl groups is 2. The van der Waals surface area contributed by atoms with Crippen LogP contribution in [-0.2, 0) is 30.5 Å². The number of rotatable bonds is 15. The Kier molecular flexibility index (Phi) is 21.1. The van der Waals surface area contributed by atoms with E-state index in [1.165, 1.54) is 75.1 Å². The number of Topliss-reactive ketones (excluding diaryl/α,β-unsaturated/α-hetero) is 1. The van der Waals surface area contributed by atoms with Crippen LogP contribution < -0.4 is 26.2 Å². The SMILES string of the molecule is C=C1NCC(=O)N[C@@H]([C@@H](O)c2ccccc2)c2nc(cs2)-c2nc(cs2)-c2nc(-c3nc(N(CCCCO)C(=O)C4CCC(C(=O)O)CC4)cs3)ccc2-c2nc(cs2)C(=O)N[C@@H](CC(=O)NC)c2nc(c(C)s2)C(=O)C[C@H](C(C)C)c2nc1c(COC)s2. The van der Waals surface area contributed by atoms with Crippen LogP contribution in [-0.4, -0.2) is 119 Å². The van der Waals surface area contributed by atoms with Gasteiger partial charge in [-0.2, -0.15) is 0 Å². The Hall–Kier alpha value is -7.41. The Bertz CT molecular complexity index is 3880. The first-order valence-corrected chi connectivity index (χ1v) is 34.0. The maximum Gasteiger partial charge on any atom is 0.306 e. The van der Waals surface area contributed by atoms with Gasteiger partial charge in [0, 0.05) is 77.5 Å². The fourth-order valence-corrected chi connectivity index (χ4v) is 16.2. The van der Waals surface area contributed by atoms with Gasteiger partial charge >= 0.3 is 5.97 Å². The number of pyridine rings is 1. The summed E-state index contributed by atoms with van der Waals surface area (Å²) in [4.78, 5) is 120. The summed E-state index contributed by atoms with van der Waals surface area (Å²) < 4.78 is 5.59. The summed E-state index contributed by atoms with van der Waals surface area (Å²) in [6.45, 7) is 10.2. The topological polar surface area (TPSA) is 314 Å². The molecule has 22 nitrogen and oxygen atoms in total. The van der Waals surface area contributed by atoms with Crippen molar-refractivity contribution in [2.45, 2.75) is 103 Å². The third kappa shape index (κ3) is 14.9. The van der Waals surface area contributed by atoms with Crippen molar-refractivity contribution in [3.8, 4) is 43.4 Å². The number of carbonyl (C=O) groups excluding carboxylic acids is 5. The predicted molar refractivity (Wildman–Crippen MR) is 345 cm³/mol. The van der Waals surface area contributed by atoms with Crippen molar-refractivity contribution in [3.05, 3.63) is 118 Å². The zero-order valence-corrected chi connectivity index (χ0v) is 54.2. The lowest BCUT2D eigenvalue weighted by atomic mass is 9.81. The minimum absolute atomic E-state index is 0.0388. The summed E-state index contributed by atoms with van der Waals surface area (Å²) in [5.41, 5.74) is 3.86. The highest BCUT2D eigenvalue weighted by Crippen LogP contribution is 2.42. The van der Waals surface area contributed by atoms with Gasteiger partial charge < -0.3 is 41.3 Å². The van der Waals surface area contributed by atoms with Crippen LogP contribution in [0.3, 0.4) is 0 Å². The van der Waals surface area contributed by atoms with Crippen LogP contribution in [0.1, 0.15) is 146 Å². The van der Waals surface area contributed by atoms with Crippen molar-refractivity contribution >= 4 is 115 Å². The van der Waals surface area contributed by atoms with E-state index in [2.05, 4.69) is 27.8 Å². The number of ketones is 1. The Morgan fingerprint density at radius 3 is 2.19 bits per heavy atom. The summed E-state index contributed by atoms with van der Waals surface area (Å²) in [7, 11) is 3.06. The number of anilines is 1. The molecule has 4 amide bonds. The summed E-state index contributed by atoms with van der Waals surface area (Å²) in [6.07, 6.45) is 1.28. The van der Waals surface area contributed by atoms with Crippen LogP contribution in [0.4, 0.5) is 5.82 Å². The van der Waals surface area contributed by atoms with E-state index in [4.69, 9.17) is 39.6 Å². The van der Waals surface area contributed by atoms with Gasteiger partial charge in [0.25, 0.3) is 5.91 Å². The second kappa shape index (κ2) is 29.0. The Balaban J connectivity index is 1.04. The number of methoxy groups -OCH3 is 1. The number of fused-ring (bicyclic) bond motifs is 14. The number of hydrogen-bond donors (Lipinski definition) is 7. The van der Waals surface area contributed by atoms with Gasteiger partial charge in [-0.3, -0.25) is 33.7 Å². The number of aliphatic carboxylic acids is 1. The molecule has 1 aliphatic carbocycles. The molecule has 0 spiro atoms. The minimum atomic E-state index is -1.22. The molecule has 1 fully saturated rings. The van der Waals surface area contributed by atoms with Crippen molar-refractivity contribution in [2.75, 3.05) is 38.8 Å². The number of benzene rings is 1. The first kappa shape index (κ1) is 64.6. The lowest BCUT2D eigenvalue weighted by molar-refractivity contribution is -0.144. The van der Waals surface area contributed by atoms with Gasteiger partial charge in [-0.15, -0.1) is 68.0 Å². The number of aliphatic hydroxyl groups excluding tert-OH is 2. The summed E-state index contributed by atoms with van der Waals surface area (Å²) >= 11 is 7.61. The molecule has 89 heavy (non-hydrogen) atoms. The van der Waals surface area contributed by atoms with Gasteiger partial charge in [-0.1, -0.05) is 50.8 Å². The molecule has 1 aromatic carbocycles. The highest BCUT2D eigenvalue weighted by Gasteiger charge is 2.35. The average Bonchev–Trinajstić information content (AvgIpc) is 3.21. The fourth-order valence-electron chi connectivity index (χ4n) is 10.6. The van der Waals surface area contributed by atoms with Gasteiger partial charge in [0.1, 0.15) is 77.2 Å². The number of carboxylic acids is 1. The molecule has 0 saturated heterocycles. The Labute approximate surface area is 537 Å². The number of carboxylic acid groups (broad SMARTS) is 1. The third-order valence-electron chi connectivity index (χ3n) is 15.5. The van der Waals surface area contributed by atoms with Gasteiger partial charge in [-0.25, -0.2) is 34.9 Å². The lowest BCUT2D eigenvalue weighted by Crippen LogP contribution is -2.39.